The zero-order valence-electron chi connectivity index (χ0n) is 13.7. The molecule has 1 heterocycles. The minimum absolute atomic E-state index is 0. The number of rotatable bonds is 4. The summed E-state index contributed by atoms with van der Waals surface area (Å²) >= 11 is 0. The van der Waals surface area contributed by atoms with Crippen molar-refractivity contribution in [3.63, 3.8) is 0 Å². The lowest BCUT2D eigenvalue weighted by Gasteiger charge is -2.28. The smallest absolute Gasteiger partial charge is 0.223 e. The number of carbonyl (C=O) groups excluding carboxylic acids is 1. The van der Waals surface area contributed by atoms with Crippen molar-refractivity contribution in [3.8, 4) is 5.75 Å². The van der Waals surface area contributed by atoms with Gasteiger partial charge in [-0.1, -0.05) is 24.6 Å². The highest BCUT2D eigenvalue weighted by Crippen LogP contribution is 2.38. The monoisotopic (exact) mass is 338 g/mol. The van der Waals surface area contributed by atoms with Gasteiger partial charge in [0.05, 0.1) is 13.2 Å². The molecule has 0 bridgehead atoms. The van der Waals surface area contributed by atoms with Crippen molar-refractivity contribution >= 4 is 18.3 Å². The van der Waals surface area contributed by atoms with Crippen molar-refractivity contribution in [1.82, 2.24) is 4.90 Å². The fourth-order valence-corrected chi connectivity index (χ4v) is 3.99. The quantitative estimate of drug-likeness (QED) is 0.916. The Morgan fingerprint density at radius 3 is 2.74 bits per heavy atom. The standard InChI is InChI=1S/C18H26N2O2.ClH/c1-22-17-10-3-2-7-14(17)16-9-5-11-20(16)18(21)12-13-6-4-8-15(13)19;/h2-3,7,10,13,15-16H,4-6,8-9,11-12,19H2,1H3;1H/t13-,15+,16?;/m0./s1. The van der Waals surface area contributed by atoms with Crippen molar-refractivity contribution in [2.75, 3.05) is 13.7 Å². The number of hydrogen-bond donors (Lipinski definition) is 1. The highest BCUT2D eigenvalue weighted by molar-refractivity contribution is 5.85. The van der Waals surface area contributed by atoms with Gasteiger partial charge in [-0.25, -0.2) is 0 Å². The maximum absolute atomic E-state index is 12.8. The molecule has 0 radical (unpaired) electrons. The van der Waals surface area contributed by atoms with Crippen LogP contribution in [0.15, 0.2) is 24.3 Å². The Kier molecular flexibility index (Phi) is 6.31. The molecule has 1 aromatic rings. The summed E-state index contributed by atoms with van der Waals surface area (Å²) in [5, 5.41) is 0. The van der Waals surface area contributed by atoms with E-state index in [2.05, 4.69) is 6.07 Å². The number of para-hydroxylation sites is 1. The molecule has 128 valence electrons. The van der Waals surface area contributed by atoms with Gasteiger partial charge in [-0.15, -0.1) is 12.4 Å². The molecule has 2 aliphatic rings. The van der Waals surface area contributed by atoms with Crippen LogP contribution >= 0.6 is 12.4 Å². The van der Waals surface area contributed by atoms with Gasteiger partial charge >= 0.3 is 0 Å². The van der Waals surface area contributed by atoms with Gasteiger partial charge in [-0.3, -0.25) is 4.79 Å². The summed E-state index contributed by atoms with van der Waals surface area (Å²) in [5.41, 5.74) is 7.26. The molecule has 3 atom stereocenters. The maximum atomic E-state index is 12.8. The molecular formula is C18H27ClN2O2. The number of halogens is 1. The van der Waals surface area contributed by atoms with Crippen molar-refractivity contribution < 1.29 is 9.53 Å². The molecule has 2 fully saturated rings. The summed E-state index contributed by atoms with van der Waals surface area (Å²) in [6.45, 7) is 0.851. The van der Waals surface area contributed by atoms with E-state index in [9.17, 15) is 4.79 Å². The molecule has 4 nitrogen and oxygen atoms in total. The predicted molar refractivity (Wildman–Crippen MR) is 93.9 cm³/mol. The summed E-state index contributed by atoms with van der Waals surface area (Å²) in [7, 11) is 1.69. The Bertz CT molecular complexity index is 538. The lowest BCUT2D eigenvalue weighted by Crippen LogP contribution is -2.35. The van der Waals surface area contributed by atoms with Gasteiger partial charge in [0.1, 0.15) is 5.75 Å². The number of likely N-dealkylation sites (tertiary alicyclic amines) is 1. The van der Waals surface area contributed by atoms with Crippen molar-refractivity contribution in [2.45, 2.75) is 50.6 Å². The molecule has 3 rings (SSSR count). The van der Waals surface area contributed by atoms with Crippen LogP contribution in [0.3, 0.4) is 0 Å². The molecule has 5 heteroatoms. The van der Waals surface area contributed by atoms with Gasteiger partial charge in [-0.2, -0.15) is 0 Å². The zero-order chi connectivity index (χ0) is 15.5. The number of nitrogens with two attached hydrogens (primary N) is 1. The first kappa shape index (κ1) is 18.1. The molecule has 1 amide bonds. The highest BCUT2D eigenvalue weighted by atomic mass is 35.5. The van der Waals surface area contributed by atoms with Crippen LogP contribution in [0.2, 0.25) is 0 Å². The van der Waals surface area contributed by atoms with E-state index >= 15 is 0 Å². The normalized spacial score (nSPS) is 26.9. The molecule has 2 N–H and O–H groups in total. The Morgan fingerprint density at radius 1 is 1.26 bits per heavy atom. The third kappa shape index (κ3) is 3.81. The number of amides is 1. The summed E-state index contributed by atoms with van der Waals surface area (Å²) in [5.74, 6) is 1.51. The summed E-state index contributed by atoms with van der Waals surface area (Å²) in [6, 6.07) is 8.41. The lowest BCUT2D eigenvalue weighted by atomic mass is 9.98. The summed E-state index contributed by atoms with van der Waals surface area (Å²) in [4.78, 5) is 14.8. The fraction of sp³-hybridized carbons (Fsp3) is 0.611. The van der Waals surface area contributed by atoms with E-state index in [4.69, 9.17) is 10.5 Å². The number of carbonyl (C=O) groups is 1. The molecule has 1 aliphatic carbocycles. The third-order valence-corrected chi connectivity index (χ3v) is 5.23. The van der Waals surface area contributed by atoms with Crippen molar-refractivity contribution in [2.24, 2.45) is 11.7 Å². The van der Waals surface area contributed by atoms with E-state index < -0.39 is 0 Å². The van der Waals surface area contributed by atoms with Gasteiger partial charge in [0.25, 0.3) is 0 Å². The molecule has 1 unspecified atom stereocenters. The molecular weight excluding hydrogens is 312 g/mol. The number of ether oxygens (including phenoxy) is 1. The minimum Gasteiger partial charge on any atom is -0.496 e. The molecule has 1 saturated carbocycles. The van der Waals surface area contributed by atoms with E-state index in [1.807, 2.05) is 23.1 Å². The van der Waals surface area contributed by atoms with E-state index in [-0.39, 0.29) is 30.4 Å². The predicted octanol–water partition coefficient (Wildman–Crippen LogP) is 3.30. The van der Waals surface area contributed by atoms with Crippen molar-refractivity contribution in [1.29, 1.82) is 0 Å². The van der Waals surface area contributed by atoms with Crippen LogP contribution in [0, 0.1) is 5.92 Å². The number of methoxy groups -OCH3 is 1. The van der Waals surface area contributed by atoms with Gasteiger partial charge in [0, 0.05) is 24.6 Å². The van der Waals surface area contributed by atoms with Gasteiger partial charge in [-0.05, 0) is 37.7 Å². The average molecular weight is 339 g/mol. The topological polar surface area (TPSA) is 55.6 Å². The lowest BCUT2D eigenvalue weighted by molar-refractivity contribution is -0.133. The summed E-state index contributed by atoms with van der Waals surface area (Å²) in [6.07, 6.45) is 6.00. The van der Waals surface area contributed by atoms with Crippen LogP contribution in [-0.4, -0.2) is 30.5 Å². The number of nitrogens with zero attached hydrogens (tertiary/aromatic N) is 1. The van der Waals surface area contributed by atoms with Crippen LogP contribution in [0.1, 0.15) is 50.1 Å². The second kappa shape index (κ2) is 8.02. The van der Waals surface area contributed by atoms with Gasteiger partial charge < -0.3 is 15.4 Å². The first-order valence-corrected chi connectivity index (χ1v) is 8.38. The van der Waals surface area contributed by atoms with E-state index in [0.717, 1.165) is 50.0 Å². The number of benzene rings is 1. The Hall–Kier alpha value is -1.26. The SMILES string of the molecule is COc1ccccc1C1CCCN1C(=O)C[C@@H]1CCC[C@H]1N.Cl. The first-order chi connectivity index (χ1) is 10.7. The molecule has 1 aliphatic heterocycles. The number of hydrogen-bond acceptors (Lipinski definition) is 3. The molecule has 0 spiro atoms. The second-order valence-corrected chi connectivity index (χ2v) is 6.55. The maximum Gasteiger partial charge on any atom is 0.223 e. The van der Waals surface area contributed by atoms with Crippen LogP contribution in [0.25, 0.3) is 0 Å². The molecule has 23 heavy (non-hydrogen) atoms. The molecule has 0 aromatic heterocycles. The average Bonchev–Trinajstić information content (AvgIpc) is 3.17. The highest BCUT2D eigenvalue weighted by Gasteiger charge is 2.34. The summed E-state index contributed by atoms with van der Waals surface area (Å²) < 4.78 is 5.48. The van der Waals surface area contributed by atoms with E-state index in [1.165, 1.54) is 0 Å². The van der Waals surface area contributed by atoms with Crippen LogP contribution < -0.4 is 10.5 Å². The van der Waals surface area contributed by atoms with Crippen LogP contribution in [0.4, 0.5) is 0 Å². The van der Waals surface area contributed by atoms with Crippen molar-refractivity contribution in [3.05, 3.63) is 29.8 Å². The Balaban J connectivity index is 0.00000192. The molecule has 1 saturated heterocycles. The van der Waals surface area contributed by atoms with E-state index in [1.54, 1.807) is 7.11 Å². The minimum atomic E-state index is 0. The van der Waals surface area contributed by atoms with Crippen LogP contribution in [0.5, 0.6) is 5.75 Å². The van der Waals surface area contributed by atoms with E-state index in [0.29, 0.717) is 12.3 Å². The third-order valence-electron chi connectivity index (χ3n) is 5.23. The van der Waals surface area contributed by atoms with Gasteiger partial charge in [0.2, 0.25) is 5.91 Å². The second-order valence-electron chi connectivity index (χ2n) is 6.55. The first-order valence-electron chi connectivity index (χ1n) is 8.38. The van der Waals surface area contributed by atoms with Crippen LogP contribution in [-0.2, 0) is 4.79 Å². The fourth-order valence-electron chi connectivity index (χ4n) is 3.99. The largest absolute Gasteiger partial charge is 0.496 e. The Morgan fingerprint density at radius 2 is 2.04 bits per heavy atom. The van der Waals surface area contributed by atoms with Gasteiger partial charge in [0.15, 0.2) is 0 Å². The Labute approximate surface area is 144 Å². The molecule has 1 aromatic carbocycles. The zero-order valence-corrected chi connectivity index (χ0v) is 14.6.